The fourth-order valence-electron chi connectivity index (χ4n) is 3.10. The number of benzene rings is 1. The van der Waals surface area contributed by atoms with Crippen LogP contribution in [0.1, 0.15) is 54.4 Å². The lowest BCUT2D eigenvalue weighted by atomic mass is 9.92. The Morgan fingerprint density at radius 2 is 1.10 bits per heavy atom. The van der Waals surface area contributed by atoms with Crippen molar-refractivity contribution in [1.82, 2.24) is 9.13 Å². The van der Waals surface area contributed by atoms with Crippen LogP contribution in [0.15, 0.2) is 61.7 Å². The molecule has 0 atom stereocenters. The van der Waals surface area contributed by atoms with Crippen LogP contribution in [0.5, 0.6) is 0 Å². The summed E-state index contributed by atoms with van der Waals surface area (Å²) >= 11 is 0. The average Bonchev–Trinajstić information content (AvgIpc) is 3.27. The second kappa shape index (κ2) is 10.5. The summed E-state index contributed by atoms with van der Waals surface area (Å²) in [5.74, 6) is 0. The van der Waals surface area contributed by atoms with Crippen LogP contribution < -0.4 is 33.9 Å². The van der Waals surface area contributed by atoms with Crippen molar-refractivity contribution in [2.24, 2.45) is 10.8 Å². The van der Waals surface area contributed by atoms with Gasteiger partial charge in [-0.3, -0.25) is 0 Å². The van der Waals surface area contributed by atoms with Crippen LogP contribution in [0.4, 0.5) is 0 Å². The zero-order valence-electron chi connectivity index (χ0n) is 19.1. The molecule has 1 aromatic carbocycles. The Morgan fingerprint density at radius 1 is 0.700 bits per heavy atom. The monoisotopic (exact) mass is 450 g/mol. The summed E-state index contributed by atoms with van der Waals surface area (Å²) in [6.07, 6.45) is 15.3. The smallest absolute Gasteiger partial charge is 0.248 e. The number of hydrogen-bond donors (Lipinski definition) is 0. The molecule has 6 heteroatoms. The summed E-state index contributed by atoms with van der Waals surface area (Å²) in [5, 5.41) is 0. The molecular formula is C24H36Cl2N4. The lowest BCUT2D eigenvalue weighted by Gasteiger charge is -2.15. The molecule has 0 N–H and O–H groups in total. The molecule has 166 valence electrons. The van der Waals surface area contributed by atoms with Crippen LogP contribution in [0.3, 0.4) is 0 Å². The molecule has 0 aliphatic rings. The molecule has 4 nitrogen and oxygen atoms in total. The molecule has 2 aromatic heterocycles. The normalized spacial score (nSPS) is 11.7. The largest absolute Gasteiger partial charge is 1.00 e. The summed E-state index contributed by atoms with van der Waals surface area (Å²) in [5.41, 5.74) is 3.07. The fourth-order valence-corrected chi connectivity index (χ4v) is 3.10. The summed E-state index contributed by atoms with van der Waals surface area (Å²) < 4.78 is 8.94. The standard InChI is InChI=1S/C24H36N4.2ClH/c1-23(2,3)10-12-25-14-16-27(19-25)21-8-7-9-22(18-21)28-17-15-26(20-28)13-11-24(4,5)6;;/h7-9,14-20H,10-13H2,1-6H3;2*1H/q+2;;/p-2. The van der Waals surface area contributed by atoms with Gasteiger partial charge in [0.25, 0.3) is 0 Å². The maximum absolute atomic E-state index is 2.29. The van der Waals surface area contributed by atoms with Crippen LogP contribution >= 0.6 is 0 Å². The molecule has 0 radical (unpaired) electrons. The third-order valence-corrected chi connectivity index (χ3v) is 5.05. The molecule has 3 rings (SSSR count). The number of hydrogen-bond acceptors (Lipinski definition) is 0. The Bertz CT molecular complexity index is 842. The molecule has 0 fully saturated rings. The molecule has 0 saturated carbocycles. The van der Waals surface area contributed by atoms with Gasteiger partial charge in [-0.25, -0.2) is 18.3 Å². The fraction of sp³-hybridized carbons (Fsp3) is 0.500. The Balaban J connectivity index is 0.00000225. The summed E-state index contributed by atoms with van der Waals surface area (Å²) in [4.78, 5) is 0. The van der Waals surface area contributed by atoms with Crippen LogP contribution in [-0.2, 0) is 13.1 Å². The maximum atomic E-state index is 2.29. The lowest BCUT2D eigenvalue weighted by molar-refractivity contribution is -0.698. The van der Waals surface area contributed by atoms with Crippen molar-refractivity contribution in [3.63, 3.8) is 0 Å². The molecule has 30 heavy (non-hydrogen) atoms. The number of aromatic nitrogens is 4. The van der Waals surface area contributed by atoms with Gasteiger partial charge in [0, 0.05) is 6.07 Å². The van der Waals surface area contributed by atoms with E-state index in [4.69, 9.17) is 0 Å². The second-order valence-corrected chi connectivity index (χ2v) is 10.3. The van der Waals surface area contributed by atoms with E-state index in [0.29, 0.717) is 10.8 Å². The summed E-state index contributed by atoms with van der Waals surface area (Å²) in [7, 11) is 0. The first-order valence-corrected chi connectivity index (χ1v) is 10.3. The van der Waals surface area contributed by atoms with Crippen molar-refractivity contribution in [2.45, 2.75) is 67.5 Å². The Kier molecular flexibility index (Phi) is 9.19. The van der Waals surface area contributed by atoms with Crippen molar-refractivity contribution in [2.75, 3.05) is 0 Å². The molecule has 0 amide bonds. The lowest BCUT2D eigenvalue weighted by Crippen LogP contribution is -3.00. The van der Waals surface area contributed by atoms with Crippen molar-refractivity contribution in [1.29, 1.82) is 0 Å². The third-order valence-electron chi connectivity index (χ3n) is 5.05. The van der Waals surface area contributed by atoms with Crippen LogP contribution in [0.25, 0.3) is 11.4 Å². The first-order chi connectivity index (χ1) is 13.1. The summed E-state index contributed by atoms with van der Waals surface area (Å²) in [6.45, 7) is 15.8. The van der Waals surface area contributed by atoms with E-state index in [-0.39, 0.29) is 24.8 Å². The Hall–Kier alpha value is -1.78. The molecule has 2 heterocycles. The molecule has 0 spiro atoms. The van der Waals surface area contributed by atoms with Gasteiger partial charge in [0.05, 0.1) is 13.1 Å². The van der Waals surface area contributed by atoms with Gasteiger partial charge in [-0.1, -0.05) is 47.6 Å². The number of halogens is 2. The van der Waals surface area contributed by atoms with Crippen LogP contribution in [0, 0.1) is 10.8 Å². The second-order valence-electron chi connectivity index (χ2n) is 10.3. The molecule has 0 unspecified atom stereocenters. The molecule has 0 aliphatic heterocycles. The molecular weight excluding hydrogens is 415 g/mol. The number of nitrogens with zero attached hydrogens (tertiary/aromatic N) is 4. The molecule has 0 aliphatic carbocycles. The van der Waals surface area contributed by atoms with E-state index >= 15 is 0 Å². The molecule has 3 aromatic rings. The van der Waals surface area contributed by atoms with Gasteiger partial charge in [-0.2, -0.15) is 0 Å². The van der Waals surface area contributed by atoms with Crippen LogP contribution in [-0.4, -0.2) is 9.13 Å². The van der Waals surface area contributed by atoms with Gasteiger partial charge >= 0.3 is 0 Å². The van der Waals surface area contributed by atoms with E-state index in [1.54, 1.807) is 0 Å². The SMILES string of the molecule is CC(C)(C)CC[n+]1ccn(-c2cccc(-n3cc[n+](CCC(C)(C)C)c3)c2)c1.[Cl-].[Cl-]. The van der Waals surface area contributed by atoms with Crippen molar-refractivity contribution >= 4 is 0 Å². The van der Waals surface area contributed by atoms with Crippen molar-refractivity contribution in [3.8, 4) is 11.4 Å². The Morgan fingerprint density at radius 3 is 1.47 bits per heavy atom. The topological polar surface area (TPSA) is 17.6 Å². The molecule has 0 bridgehead atoms. The van der Waals surface area contributed by atoms with E-state index in [1.165, 1.54) is 24.2 Å². The third kappa shape index (κ3) is 7.81. The quantitative estimate of drug-likeness (QED) is 0.416. The van der Waals surface area contributed by atoms with Gasteiger partial charge in [0.2, 0.25) is 12.7 Å². The highest BCUT2D eigenvalue weighted by Gasteiger charge is 2.16. The van der Waals surface area contributed by atoms with Gasteiger partial charge < -0.3 is 24.8 Å². The van der Waals surface area contributed by atoms with Gasteiger partial charge in [-0.15, -0.1) is 0 Å². The van der Waals surface area contributed by atoms with Gasteiger partial charge in [0.1, 0.15) is 36.2 Å². The van der Waals surface area contributed by atoms with E-state index in [0.717, 1.165) is 13.1 Å². The maximum Gasteiger partial charge on any atom is 0.248 e. The van der Waals surface area contributed by atoms with Crippen LogP contribution in [0.2, 0.25) is 0 Å². The van der Waals surface area contributed by atoms with E-state index in [2.05, 4.69) is 122 Å². The summed E-state index contributed by atoms with van der Waals surface area (Å²) in [6, 6.07) is 8.69. The van der Waals surface area contributed by atoms with E-state index in [9.17, 15) is 0 Å². The van der Waals surface area contributed by atoms with Gasteiger partial charge in [0.15, 0.2) is 0 Å². The highest BCUT2D eigenvalue weighted by Crippen LogP contribution is 2.19. The minimum atomic E-state index is 0. The zero-order valence-corrected chi connectivity index (χ0v) is 20.7. The van der Waals surface area contributed by atoms with Gasteiger partial charge in [-0.05, 0) is 35.8 Å². The van der Waals surface area contributed by atoms with Crippen molar-refractivity contribution < 1.29 is 33.9 Å². The first kappa shape index (κ1) is 26.3. The minimum Gasteiger partial charge on any atom is -1.00 e. The molecule has 0 saturated heterocycles. The highest BCUT2D eigenvalue weighted by molar-refractivity contribution is 5.43. The van der Waals surface area contributed by atoms with Crippen molar-refractivity contribution in [3.05, 3.63) is 61.7 Å². The average molecular weight is 451 g/mol. The predicted molar refractivity (Wildman–Crippen MR) is 114 cm³/mol. The number of aryl methyl sites for hydroxylation is 2. The van der Waals surface area contributed by atoms with E-state index < -0.39 is 0 Å². The first-order valence-electron chi connectivity index (χ1n) is 10.3. The number of rotatable bonds is 6. The minimum absolute atomic E-state index is 0. The Labute approximate surface area is 194 Å². The van der Waals surface area contributed by atoms with E-state index in [1.807, 2.05) is 0 Å². The zero-order chi connectivity index (χ0) is 20.4. The number of imidazole rings is 2. The highest BCUT2D eigenvalue weighted by atomic mass is 35.5. The predicted octanol–water partition coefficient (Wildman–Crippen LogP) is -1.28.